The molecule has 1 fully saturated rings. The normalized spacial score (nSPS) is 26.8. The SMILES string of the molecule is CC(C)OC(=O)[C@H](C)NP(=O)(OC[C@H]1O[C@@](C#N)(c2ccc3c(N)ncnn23)[C@](C)(F)[C@@H]1O)Oc1ccccc1. The number of aromatic nitrogens is 3. The molecule has 40 heavy (non-hydrogen) atoms. The number of benzene rings is 1. The predicted octanol–water partition coefficient (Wildman–Crippen LogP) is 2.65. The monoisotopic (exact) mass is 576 g/mol. The molecule has 13 nitrogen and oxygen atoms in total. The van der Waals surface area contributed by atoms with E-state index in [9.17, 15) is 19.7 Å². The third kappa shape index (κ3) is 5.39. The molecule has 6 atom stereocenters. The summed E-state index contributed by atoms with van der Waals surface area (Å²) in [7, 11) is -4.36. The fourth-order valence-corrected chi connectivity index (χ4v) is 5.82. The van der Waals surface area contributed by atoms with Crippen molar-refractivity contribution in [1.29, 1.82) is 5.26 Å². The molecule has 1 saturated heterocycles. The Morgan fingerprint density at radius 1 is 1.32 bits per heavy atom. The number of fused-ring (bicyclic) bond motifs is 1. The van der Waals surface area contributed by atoms with Crippen molar-refractivity contribution in [3.63, 3.8) is 0 Å². The molecule has 0 spiro atoms. The van der Waals surface area contributed by atoms with Crippen molar-refractivity contribution in [2.24, 2.45) is 0 Å². The fourth-order valence-electron chi connectivity index (χ4n) is 4.32. The van der Waals surface area contributed by atoms with Gasteiger partial charge >= 0.3 is 13.7 Å². The molecule has 0 bridgehead atoms. The molecule has 1 aliphatic heterocycles. The molecule has 15 heteroatoms. The summed E-state index contributed by atoms with van der Waals surface area (Å²) < 4.78 is 53.4. The maximum absolute atomic E-state index is 16.3. The molecule has 1 unspecified atom stereocenters. The molecular weight excluding hydrogens is 546 g/mol. The van der Waals surface area contributed by atoms with Crippen molar-refractivity contribution in [1.82, 2.24) is 19.7 Å². The number of halogens is 1. The van der Waals surface area contributed by atoms with Gasteiger partial charge in [0.15, 0.2) is 11.5 Å². The molecule has 214 valence electrons. The molecule has 3 aromatic rings. The van der Waals surface area contributed by atoms with Gasteiger partial charge in [-0.2, -0.15) is 15.4 Å². The quantitative estimate of drug-likeness (QED) is 0.237. The number of nitrogens with zero attached hydrogens (tertiary/aromatic N) is 4. The lowest BCUT2D eigenvalue weighted by atomic mass is 9.82. The predicted molar refractivity (Wildman–Crippen MR) is 140 cm³/mol. The van der Waals surface area contributed by atoms with Crippen LogP contribution in [0.3, 0.4) is 0 Å². The number of rotatable bonds is 10. The minimum absolute atomic E-state index is 0.0439. The maximum Gasteiger partial charge on any atom is 0.459 e. The summed E-state index contributed by atoms with van der Waals surface area (Å²) in [6.45, 7) is 5.04. The highest BCUT2D eigenvalue weighted by Crippen LogP contribution is 2.51. The van der Waals surface area contributed by atoms with Crippen LogP contribution < -0.4 is 15.3 Å². The van der Waals surface area contributed by atoms with Gasteiger partial charge < -0.3 is 24.8 Å². The number of esters is 1. The first kappa shape index (κ1) is 29.4. The smallest absolute Gasteiger partial charge is 0.459 e. The molecule has 0 amide bonds. The van der Waals surface area contributed by atoms with Crippen LogP contribution in [0.1, 0.15) is 33.4 Å². The minimum atomic E-state index is -4.36. The van der Waals surface area contributed by atoms with Crippen molar-refractivity contribution < 1.29 is 37.4 Å². The first-order valence-electron chi connectivity index (χ1n) is 12.4. The van der Waals surface area contributed by atoms with Gasteiger partial charge in [0, 0.05) is 0 Å². The highest BCUT2D eigenvalue weighted by molar-refractivity contribution is 7.52. The molecule has 4 rings (SSSR count). The Labute approximate surface area is 229 Å². The van der Waals surface area contributed by atoms with E-state index >= 15 is 4.39 Å². The van der Waals surface area contributed by atoms with E-state index in [0.29, 0.717) is 5.52 Å². The van der Waals surface area contributed by atoms with Crippen LogP contribution in [0, 0.1) is 11.3 Å². The minimum Gasteiger partial charge on any atom is -0.462 e. The van der Waals surface area contributed by atoms with Crippen molar-refractivity contribution in [2.45, 2.75) is 63.3 Å². The molecule has 0 saturated carbocycles. The number of ether oxygens (including phenoxy) is 2. The van der Waals surface area contributed by atoms with Crippen molar-refractivity contribution in [3.8, 4) is 11.8 Å². The second-order valence-corrected chi connectivity index (χ2v) is 11.4. The lowest BCUT2D eigenvalue weighted by molar-refractivity contribution is -0.149. The number of nitrogens with two attached hydrogens (primary N) is 1. The number of aliphatic hydroxyl groups excluding tert-OH is 1. The lowest BCUT2D eigenvalue weighted by Gasteiger charge is -2.30. The van der Waals surface area contributed by atoms with E-state index in [0.717, 1.165) is 13.3 Å². The average molecular weight is 577 g/mol. The van der Waals surface area contributed by atoms with E-state index in [1.807, 2.05) is 6.07 Å². The summed E-state index contributed by atoms with van der Waals surface area (Å²) in [5.41, 5.74) is 1.09. The molecule has 1 aliphatic rings. The van der Waals surface area contributed by atoms with Crippen LogP contribution in [0.2, 0.25) is 0 Å². The van der Waals surface area contributed by atoms with Crippen LogP contribution in [0.5, 0.6) is 5.75 Å². The van der Waals surface area contributed by atoms with Gasteiger partial charge in [0.2, 0.25) is 5.60 Å². The number of carbonyl (C=O) groups excluding carboxylic acids is 1. The third-order valence-corrected chi connectivity index (χ3v) is 8.00. The van der Waals surface area contributed by atoms with Gasteiger partial charge in [-0.25, -0.2) is 18.5 Å². The van der Waals surface area contributed by atoms with Crippen LogP contribution in [-0.4, -0.2) is 62.3 Å². The number of alkyl halides is 1. The van der Waals surface area contributed by atoms with Crippen molar-refractivity contribution in [2.75, 3.05) is 12.3 Å². The molecule has 2 aromatic heterocycles. The Hall–Kier alpha value is -3.60. The molecule has 1 aromatic carbocycles. The third-order valence-electron chi connectivity index (χ3n) is 6.36. The fraction of sp³-hybridized carbons (Fsp3) is 0.440. The second-order valence-electron chi connectivity index (χ2n) is 9.66. The van der Waals surface area contributed by atoms with Crippen LogP contribution >= 0.6 is 7.75 Å². The highest BCUT2D eigenvalue weighted by atomic mass is 31.2. The summed E-state index contributed by atoms with van der Waals surface area (Å²) >= 11 is 0. The van der Waals surface area contributed by atoms with Gasteiger partial charge in [-0.15, -0.1) is 0 Å². The van der Waals surface area contributed by atoms with E-state index in [1.165, 1.54) is 35.7 Å². The maximum atomic E-state index is 16.3. The highest BCUT2D eigenvalue weighted by Gasteiger charge is 2.67. The van der Waals surface area contributed by atoms with Crippen LogP contribution in [-0.2, 0) is 29.0 Å². The van der Waals surface area contributed by atoms with Crippen LogP contribution in [0.25, 0.3) is 5.52 Å². The Bertz CT molecular complexity index is 1460. The second kappa shape index (κ2) is 11.1. The average Bonchev–Trinajstić information content (AvgIpc) is 3.41. The van der Waals surface area contributed by atoms with E-state index in [1.54, 1.807) is 32.0 Å². The first-order chi connectivity index (χ1) is 18.8. The number of carbonyl (C=O) groups is 1. The summed E-state index contributed by atoms with van der Waals surface area (Å²) in [6.07, 6.45) is -2.70. The molecule has 0 radical (unpaired) electrons. The summed E-state index contributed by atoms with van der Waals surface area (Å²) in [6, 6.07) is 11.6. The van der Waals surface area contributed by atoms with Crippen LogP contribution in [0.4, 0.5) is 10.2 Å². The molecule has 4 N–H and O–H groups in total. The first-order valence-corrected chi connectivity index (χ1v) is 13.9. The van der Waals surface area contributed by atoms with E-state index < -0.39 is 55.9 Å². The van der Waals surface area contributed by atoms with Gasteiger partial charge in [-0.05, 0) is 52.0 Å². The Morgan fingerprint density at radius 2 is 2.02 bits per heavy atom. The summed E-state index contributed by atoms with van der Waals surface area (Å²) in [4.78, 5) is 16.3. The van der Waals surface area contributed by atoms with Crippen LogP contribution in [0.15, 0.2) is 48.8 Å². The number of para-hydroxylation sites is 1. The number of aliphatic hydroxyl groups is 1. The Kier molecular flexibility index (Phi) is 8.16. The van der Waals surface area contributed by atoms with E-state index in [-0.39, 0.29) is 17.3 Å². The van der Waals surface area contributed by atoms with Gasteiger partial charge in [0.1, 0.15) is 41.9 Å². The molecule has 0 aliphatic carbocycles. The number of hydrogen-bond acceptors (Lipinski definition) is 11. The zero-order chi connectivity index (χ0) is 29.3. The number of hydrogen-bond donors (Lipinski definition) is 3. The van der Waals surface area contributed by atoms with Crippen molar-refractivity contribution in [3.05, 3.63) is 54.5 Å². The Morgan fingerprint density at radius 3 is 2.67 bits per heavy atom. The van der Waals surface area contributed by atoms with Gasteiger partial charge in [-0.1, -0.05) is 18.2 Å². The number of nitrogens with one attached hydrogen (secondary N) is 1. The lowest BCUT2D eigenvalue weighted by Crippen LogP contribution is -2.48. The zero-order valence-electron chi connectivity index (χ0n) is 22.2. The van der Waals surface area contributed by atoms with Gasteiger partial charge in [-0.3, -0.25) is 9.32 Å². The molecular formula is C25H30FN6O7P. The summed E-state index contributed by atoms with van der Waals surface area (Å²) in [5, 5.41) is 27.7. The number of nitrogen functional groups attached to an aromatic ring is 1. The van der Waals surface area contributed by atoms with Gasteiger partial charge in [0.05, 0.1) is 18.4 Å². The van der Waals surface area contributed by atoms with E-state index in [2.05, 4.69) is 15.2 Å². The van der Waals surface area contributed by atoms with E-state index in [4.69, 9.17) is 24.3 Å². The zero-order valence-corrected chi connectivity index (χ0v) is 23.1. The molecule has 3 heterocycles. The largest absolute Gasteiger partial charge is 0.462 e. The van der Waals surface area contributed by atoms with Gasteiger partial charge in [0.25, 0.3) is 0 Å². The number of nitriles is 1. The Balaban J connectivity index is 1.61. The standard InChI is InChI=1S/C25H30FN6O7P/c1-15(2)37-23(34)16(3)31-40(35,39-17-8-6-5-7-9-17)36-12-19-21(33)24(4,26)25(13-27,38-19)20-11-10-18-22(28)29-14-30-32(18)20/h5-11,14-16,19,21,33H,12H2,1-4H3,(H,31,35)(H2,28,29,30)/t16-,19+,21+,24+,25-,40?/m0/s1. The number of anilines is 1. The summed E-state index contributed by atoms with van der Waals surface area (Å²) in [5.74, 6) is -0.480. The topological polar surface area (TPSA) is 183 Å². The van der Waals surface area contributed by atoms with Crippen molar-refractivity contribution >= 4 is 25.1 Å².